The topological polar surface area (TPSA) is 71.1 Å². The number of rotatable bonds is 5. The summed E-state index contributed by atoms with van der Waals surface area (Å²) in [5.74, 6) is 0.432. The zero-order valence-electron chi connectivity index (χ0n) is 11.8. The molecule has 1 aromatic heterocycles. The van der Waals surface area contributed by atoms with Gasteiger partial charge in [-0.2, -0.15) is 0 Å². The molecule has 0 radical (unpaired) electrons. The third-order valence-corrected chi connectivity index (χ3v) is 4.42. The molecular weight excluding hydrogens is 306 g/mol. The Hall–Kier alpha value is -1.73. The minimum atomic E-state index is -0.937. The van der Waals surface area contributed by atoms with Crippen LogP contribution in [0.25, 0.3) is 11.3 Å². The fourth-order valence-corrected chi connectivity index (χ4v) is 3.38. The zero-order chi connectivity index (χ0) is 15.2. The van der Waals surface area contributed by atoms with Crippen molar-refractivity contribution in [2.24, 2.45) is 0 Å². The normalized spacial score (nSPS) is 13.4. The minimum Gasteiger partial charge on any atom is -0.334 e. The van der Waals surface area contributed by atoms with Gasteiger partial charge in [-0.15, -0.1) is 11.3 Å². The highest BCUT2D eigenvalue weighted by atomic mass is 32.2. The maximum Gasteiger partial charge on any atom is 0.320 e. The lowest BCUT2D eigenvalue weighted by Gasteiger charge is -2.13. The zero-order valence-corrected chi connectivity index (χ0v) is 13.5. The summed E-state index contributed by atoms with van der Waals surface area (Å²) in [6, 6.07) is 9.22. The van der Waals surface area contributed by atoms with Gasteiger partial charge in [0.2, 0.25) is 0 Å². The van der Waals surface area contributed by atoms with Crippen LogP contribution in [0.5, 0.6) is 0 Å². The molecule has 1 heterocycles. The van der Waals surface area contributed by atoms with Crippen molar-refractivity contribution in [3.05, 3.63) is 35.8 Å². The van der Waals surface area contributed by atoms with Crippen LogP contribution in [0.4, 0.5) is 9.80 Å². The summed E-state index contributed by atoms with van der Waals surface area (Å²) in [5.41, 5.74) is 3.40. The third-order valence-electron chi connectivity index (χ3n) is 2.70. The number of hydrogen-bond acceptors (Lipinski definition) is 4. The van der Waals surface area contributed by atoms with E-state index < -0.39 is 10.8 Å². The molecule has 7 heteroatoms. The van der Waals surface area contributed by atoms with Gasteiger partial charge in [-0.25, -0.2) is 9.78 Å². The van der Waals surface area contributed by atoms with Gasteiger partial charge in [0.25, 0.3) is 0 Å². The van der Waals surface area contributed by atoms with E-state index in [0.29, 0.717) is 10.8 Å². The highest BCUT2D eigenvalue weighted by molar-refractivity contribution is 7.84. The first kappa shape index (κ1) is 15.7. The van der Waals surface area contributed by atoms with E-state index >= 15 is 0 Å². The van der Waals surface area contributed by atoms with E-state index in [1.165, 1.54) is 11.3 Å². The predicted molar refractivity (Wildman–Crippen MR) is 88.1 cm³/mol. The fraction of sp³-hybridized carbons (Fsp3) is 0.286. The van der Waals surface area contributed by atoms with Crippen LogP contribution < -0.4 is 10.6 Å². The quantitative estimate of drug-likeness (QED) is 0.889. The van der Waals surface area contributed by atoms with Crippen LogP contribution in [0, 0.1) is 0 Å². The Labute approximate surface area is 130 Å². The van der Waals surface area contributed by atoms with Crippen LogP contribution >= 0.6 is 11.3 Å². The smallest absolute Gasteiger partial charge is 0.320 e. The number of hydrogen-bond donors (Lipinski definition) is 2. The molecule has 0 aliphatic carbocycles. The molecule has 21 heavy (non-hydrogen) atoms. The first-order valence-corrected chi connectivity index (χ1v) is 9.03. The molecule has 0 spiro atoms. The van der Waals surface area contributed by atoms with Crippen LogP contribution in [0.1, 0.15) is 6.92 Å². The van der Waals surface area contributed by atoms with Gasteiger partial charge < -0.3 is 5.32 Å². The maximum atomic E-state index is 11.9. The van der Waals surface area contributed by atoms with Gasteiger partial charge >= 0.3 is 6.03 Å². The van der Waals surface area contributed by atoms with E-state index in [4.69, 9.17) is 0 Å². The van der Waals surface area contributed by atoms with E-state index in [2.05, 4.69) is 15.6 Å². The standard InChI is InChI=1S/C14H17N3O2S2/c1-10(8-21(2)19)16-14(18)17-13-12(15-9-20-13)11-6-4-3-5-7-11/h3-7,9-10H,8H2,1-2H3,(H2,16,17,18)/t10-,21+/m0/s1. The number of urea groups is 1. The lowest BCUT2D eigenvalue weighted by Crippen LogP contribution is -2.38. The Morgan fingerprint density at radius 3 is 2.76 bits per heavy atom. The molecule has 2 rings (SSSR count). The number of thiazole rings is 1. The largest absolute Gasteiger partial charge is 0.334 e. The lowest BCUT2D eigenvalue weighted by atomic mass is 10.2. The van der Waals surface area contributed by atoms with Crippen molar-refractivity contribution in [3.8, 4) is 11.3 Å². The highest BCUT2D eigenvalue weighted by Gasteiger charge is 2.13. The van der Waals surface area contributed by atoms with Crippen LogP contribution in [0.3, 0.4) is 0 Å². The summed E-state index contributed by atoms with van der Waals surface area (Å²) in [6.45, 7) is 1.83. The Bertz CT molecular complexity index is 628. The van der Waals surface area contributed by atoms with Crippen molar-refractivity contribution in [1.29, 1.82) is 0 Å². The highest BCUT2D eigenvalue weighted by Crippen LogP contribution is 2.29. The Morgan fingerprint density at radius 1 is 1.38 bits per heavy atom. The van der Waals surface area contributed by atoms with Crippen LogP contribution in [-0.4, -0.2) is 33.3 Å². The van der Waals surface area contributed by atoms with E-state index in [9.17, 15) is 9.00 Å². The summed E-state index contributed by atoms with van der Waals surface area (Å²) < 4.78 is 11.1. The van der Waals surface area contributed by atoms with Crippen molar-refractivity contribution < 1.29 is 9.00 Å². The molecule has 0 saturated heterocycles. The molecule has 0 fully saturated rings. The molecule has 5 nitrogen and oxygen atoms in total. The second kappa shape index (κ2) is 7.33. The summed E-state index contributed by atoms with van der Waals surface area (Å²) in [4.78, 5) is 16.2. The lowest BCUT2D eigenvalue weighted by molar-refractivity contribution is 0.250. The van der Waals surface area contributed by atoms with Crippen LogP contribution in [0.15, 0.2) is 35.8 Å². The van der Waals surface area contributed by atoms with Crippen LogP contribution in [-0.2, 0) is 10.8 Å². The number of benzene rings is 1. The molecule has 1 aromatic carbocycles. The molecule has 0 bridgehead atoms. The fourth-order valence-electron chi connectivity index (χ4n) is 1.89. The van der Waals surface area contributed by atoms with Gasteiger partial charge in [-0.05, 0) is 6.92 Å². The second-order valence-corrected chi connectivity index (χ2v) is 6.97. The average molecular weight is 323 g/mol. The monoisotopic (exact) mass is 323 g/mol. The minimum absolute atomic E-state index is 0.149. The van der Waals surface area contributed by atoms with E-state index in [0.717, 1.165) is 11.3 Å². The van der Waals surface area contributed by atoms with Crippen LogP contribution in [0.2, 0.25) is 0 Å². The molecule has 112 valence electrons. The first-order chi connectivity index (χ1) is 10.1. The van der Waals surface area contributed by atoms with Gasteiger partial charge in [-0.1, -0.05) is 30.3 Å². The second-order valence-electron chi connectivity index (χ2n) is 4.64. The Balaban J connectivity index is 2.03. The molecule has 2 aromatic rings. The van der Waals surface area contributed by atoms with Gasteiger partial charge in [0, 0.05) is 34.4 Å². The predicted octanol–water partition coefficient (Wildman–Crippen LogP) is 2.70. The van der Waals surface area contributed by atoms with Crippen molar-refractivity contribution in [2.45, 2.75) is 13.0 Å². The van der Waals surface area contributed by atoms with Crippen molar-refractivity contribution in [3.63, 3.8) is 0 Å². The summed E-state index contributed by atoms with van der Waals surface area (Å²) >= 11 is 1.37. The molecule has 2 amide bonds. The van der Waals surface area contributed by atoms with Crippen molar-refractivity contribution in [1.82, 2.24) is 10.3 Å². The number of anilines is 1. The number of carbonyl (C=O) groups excluding carboxylic acids is 1. The molecule has 0 aliphatic rings. The molecule has 0 unspecified atom stereocenters. The number of aromatic nitrogens is 1. The summed E-state index contributed by atoms with van der Waals surface area (Å²) in [5, 5.41) is 6.26. The number of nitrogens with one attached hydrogen (secondary N) is 2. The van der Waals surface area contributed by atoms with E-state index in [-0.39, 0.29) is 12.1 Å². The van der Waals surface area contributed by atoms with Gasteiger partial charge in [0.1, 0.15) is 10.7 Å². The molecule has 2 atom stereocenters. The van der Waals surface area contributed by atoms with E-state index in [1.54, 1.807) is 11.8 Å². The van der Waals surface area contributed by atoms with Gasteiger partial charge in [0.05, 0.1) is 5.51 Å². The van der Waals surface area contributed by atoms with Gasteiger partial charge in [0.15, 0.2) is 0 Å². The molecular formula is C14H17N3O2S2. The van der Waals surface area contributed by atoms with Crippen molar-refractivity contribution >= 4 is 33.2 Å². The number of nitrogens with zero attached hydrogens (tertiary/aromatic N) is 1. The number of amides is 2. The third kappa shape index (κ3) is 4.64. The Morgan fingerprint density at radius 2 is 2.10 bits per heavy atom. The van der Waals surface area contributed by atoms with E-state index in [1.807, 2.05) is 37.3 Å². The molecule has 0 aliphatic heterocycles. The maximum absolute atomic E-state index is 11.9. The van der Waals surface area contributed by atoms with Crippen molar-refractivity contribution in [2.75, 3.05) is 17.3 Å². The number of carbonyl (C=O) groups is 1. The summed E-state index contributed by atoms with van der Waals surface area (Å²) in [6.07, 6.45) is 1.62. The molecule has 0 saturated carbocycles. The van der Waals surface area contributed by atoms with Gasteiger partial charge in [-0.3, -0.25) is 9.53 Å². The molecule has 2 N–H and O–H groups in total. The summed E-state index contributed by atoms with van der Waals surface area (Å²) in [7, 11) is -0.937. The Kier molecular flexibility index (Phi) is 5.46. The average Bonchev–Trinajstić information content (AvgIpc) is 2.86. The first-order valence-electron chi connectivity index (χ1n) is 6.42. The SMILES string of the molecule is C[C@@H](C[S@@](C)=O)NC(=O)Nc1scnc1-c1ccccc1.